The molecule has 0 atom stereocenters. The Bertz CT molecular complexity index is 501. The van der Waals surface area contributed by atoms with Crippen LogP contribution in [0.3, 0.4) is 0 Å². The number of carbonyl (C=O) groups is 1. The lowest BCUT2D eigenvalue weighted by Gasteiger charge is -2.00. The lowest BCUT2D eigenvalue weighted by atomic mass is 10.2. The minimum atomic E-state index is -0.542. The molecule has 0 aliphatic carbocycles. The predicted octanol–water partition coefficient (Wildman–Crippen LogP) is 0.720. The number of ether oxygens (including phenoxy) is 1. The maximum Gasteiger partial charge on any atom is 0.358 e. The molecule has 16 heavy (non-hydrogen) atoms. The van der Waals surface area contributed by atoms with Crippen molar-refractivity contribution in [2.24, 2.45) is 0 Å². The lowest BCUT2D eigenvalue weighted by molar-refractivity contribution is 0.0592. The van der Waals surface area contributed by atoms with Crippen LogP contribution in [0.15, 0.2) is 30.6 Å². The highest BCUT2D eigenvalue weighted by molar-refractivity contribution is 5.87. The lowest BCUT2D eigenvalue weighted by Crippen LogP contribution is -2.07. The molecule has 6 heteroatoms. The van der Waals surface area contributed by atoms with Crippen LogP contribution in [0.1, 0.15) is 10.5 Å². The van der Waals surface area contributed by atoms with Crippen LogP contribution in [0.2, 0.25) is 0 Å². The van der Waals surface area contributed by atoms with Crippen LogP contribution < -0.4 is 0 Å². The number of esters is 1. The Balaban J connectivity index is 2.40. The van der Waals surface area contributed by atoms with Gasteiger partial charge in [0.2, 0.25) is 0 Å². The number of aromatic nitrogens is 4. The Hall–Kier alpha value is -2.37. The second kappa shape index (κ2) is 4.43. The predicted molar refractivity (Wildman–Crippen MR) is 54.4 cm³/mol. The van der Waals surface area contributed by atoms with E-state index in [9.17, 15) is 4.79 Å². The normalized spacial score (nSPS) is 9.81. The monoisotopic (exact) mass is 216 g/mol. The molecule has 2 aromatic heterocycles. The SMILES string of the molecule is COC(=O)c1cc(-c2cccnc2)nnn1. The minimum Gasteiger partial charge on any atom is -0.464 e. The summed E-state index contributed by atoms with van der Waals surface area (Å²) in [5.74, 6) is -0.542. The highest BCUT2D eigenvalue weighted by atomic mass is 16.5. The van der Waals surface area contributed by atoms with Crippen molar-refractivity contribution in [3.05, 3.63) is 36.3 Å². The van der Waals surface area contributed by atoms with E-state index in [1.807, 2.05) is 6.07 Å². The van der Waals surface area contributed by atoms with Crippen molar-refractivity contribution in [2.45, 2.75) is 0 Å². The van der Waals surface area contributed by atoms with E-state index in [-0.39, 0.29) is 5.69 Å². The molecule has 0 radical (unpaired) electrons. The van der Waals surface area contributed by atoms with E-state index in [4.69, 9.17) is 0 Å². The van der Waals surface area contributed by atoms with Crippen molar-refractivity contribution >= 4 is 5.97 Å². The van der Waals surface area contributed by atoms with Crippen molar-refractivity contribution < 1.29 is 9.53 Å². The zero-order valence-corrected chi connectivity index (χ0v) is 8.49. The second-order valence-electron chi connectivity index (χ2n) is 2.94. The van der Waals surface area contributed by atoms with E-state index in [1.54, 1.807) is 18.5 Å². The molecule has 2 rings (SSSR count). The van der Waals surface area contributed by atoms with Gasteiger partial charge in [-0.15, -0.1) is 10.2 Å². The van der Waals surface area contributed by atoms with E-state index in [0.717, 1.165) is 5.56 Å². The number of carbonyl (C=O) groups excluding carboxylic acids is 1. The molecule has 0 unspecified atom stereocenters. The number of pyridine rings is 1. The van der Waals surface area contributed by atoms with Crippen LogP contribution in [-0.4, -0.2) is 33.5 Å². The molecule has 0 aliphatic rings. The highest BCUT2D eigenvalue weighted by Crippen LogP contribution is 2.14. The summed E-state index contributed by atoms with van der Waals surface area (Å²) in [5, 5.41) is 10.9. The van der Waals surface area contributed by atoms with Crippen LogP contribution in [-0.2, 0) is 4.74 Å². The number of hydrogen-bond donors (Lipinski definition) is 0. The second-order valence-corrected chi connectivity index (χ2v) is 2.94. The van der Waals surface area contributed by atoms with Crippen LogP contribution in [0.4, 0.5) is 0 Å². The molecular formula is C10H8N4O2. The maximum atomic E-state index is 11.2. The molecule has 6 nitrogen and oxygen atoms in total. The van der Waals surface area contributed by atoms with Gasteiger partial charge in [0.25, 0.3) is 0 Å². The zero-order chi connectivity index (χ0) is 11.4. The molecule has 2 heterocycles. The average Bonchev–Trinajstić information content (AvgIpc) is 2.39. The number of hydrogen-bond acceptors (Lipinski definition) is 6. The molecule has 0 N–H and O–H groups in total. The van der Waals surface area contributed by atoms with E-state index in [1.165, 1.54) is 13.2 Å². The third-order valence-electron chi connectivity index (χ3n) is 1.93. The number of nitrogens with zero attached hydrogens (tertiary/aromatic N) is 4. The summed E-state index contributed by atoms with van der Waals surface area (Å²) in [6.07, 6.45) is 3.28. The topological polar surface area (TPSA) is 77.9 Å². The van der Waals surface area contributed by atoms with E-state index in [0.29, 0.717) is 5.69 Å². The van der Waals surface area contributed by atoms with Crippen LogP contribution in [0.5, 0.6) is 0 Å². The van der Waals surface area contributed by atoms with Crippen molar-refractivity contribution in [1.82, 2.24) is 20.4 Å². The van der Waals surface area contributed by atoms with Gasteiger partial charge in [0.15, 0.2) is 5.69 Å². The van der Waals surface area contributed by atoms with E-state index < -0.39 is 5.97 Å². The molecule has 0 amide bonds. The maximum absolute atomic E-state index is 11.2. The van der Waals surface area contributed by atoms with Gasteiger partial charge in [-0.1, -0.05) is 0 Å². The van der Waals surface area contributed by atoms with Crippen molar-refractivity contribution in [3.63, 3.8) is 0 Å². The molecule has 0 saturated heterocycles. The zero-order valence-electron chi connectivity index (χ0n) is 8.49. The molecule has 2 aromatic rings. The summed E-state index contributed by atoms with van der Waals surface area (Å²) in [5.41, 5.74) is 1.42. The Morgan fingerprint density at radius 3 is 2.94 bits per heavy atom. The average molecular weight is 216 g/mol. The first-order chi connectivity index (χ1) is 7.81. The largest absolute Gasteiger partial charge is 0.464 e. The summed E-state index contributed by atoms with van der Waals surface area (Å²) < 4.78 is 4.54. The van der Waals surface area contributed by atoms with Crippen LogP contribution >= 0.6 is 0 Å². The third-order valence-corrected chi connectivity index (χ3v) is 1.93. The smallest absolute Gasteiger partial charge is 0.358 e. The summed E-state index contributed by atoms with van der Waals surface area (Å²) in [6, 6.07) is 5.10. The first kappa shape index (κ1) is 10.2. The Morgan fingerprint density at radius 2 is 2.25 bits per heavy atom. The van der Waals surface area contributed by atoms with Gasteiger partial charge in [-0.05, 0) is 17.3 Å². The molecular weight excluding hydrogens is 208 g/mol. The van der Waals surface area contributed by atoms with Crippen molar-refractivity contribution in [1.29, 1.82) is 0 Å². The quantitative estimate of drug-likeness (QED) is 0.688. The van der Waals surface area contributed by atoms with Crippen LogP contribution in [0.25, 0.3) is 11.3 Å². The summed E-state index contributed by atoms with van der Waals surface area (Å²) in [4.78, 5) is 15.2. The molecule has 0 fully saturated rings. The third kappa shape index (κ3) is 2.00. The number of methoxy groups -OCH3 is 1. The molecule has 0 aromatic carbocycles. The molecule has 0 bridgehead atoms. The van der Waals surface area contributed by atoms with Gasteiger partial charge >= 0.3 is 5.97 Å². The molecule has 0 aliphatic heterocycles. The fourth-order valence-electron chi connectivity index (χ4n) is 1.17. The Morgan fingerprint density at radius 1 is 1.38 bits per heavy atom. The highest BCUT2D eigenvalue weighted by Gasteiger charge is 2.10. The fourth-order valence-corrected chi connectivity index (χ4v) is 1.17. The van der Waals surface area contributed by atoms with Gasteiger partial charge in [0.05, 0.1) is 12.8 Å². The fraction of sp³-hybridized carbons (Fsp3) is 0.100. The summed E-state index contributed by atoms with van der Waals surface area (Å²) in [7, 11) is 1.29. The first-order valence-electron chi connectivity index (χ1n) is 4.50. The van der Waals surface area contributed by atoms with Gasteiger partial charge in [-0.25, -0.2) is 4.79 Å². The van der Waals surface area contributed by atoms with Crippen molar-refractivity contribution in [3.8, 4) is 11.3 Å². The first-order valence-corrected chi connectivity index (χ1v) is 4.50. The van der Waals surface area contributed by atoms with Gasteiger partial charge < -0.3 is 4.74 Å². The Kier molecular flexibility index (Phi) is 2.81. The number of rotatable bonds is 2. The molecule has 0 spiro atoms. The minimum absolute atomic E-state index is 0.122. The summed E-state index contributed by atoms with van der Waals surface area (Å²) in [6.45, 7) is 0. The molecule has 0 saturated carbocycles. The molecule has 80 valence electrons. The Labute approximate surface area is 91.3 Å². The van der Waals surface area contributed by atoms with Gasteiger partial charge in [0, 0.05) is 24.0 Å². The van der Waals surface area contributed by atoms with Gasteiger partial charge in [0.1, 0.15) is 0 Å². The van der Waals surface area contributed by atoms with E-state index >= 15 is 0 Å². The van der Waals surface area contributed by atoms with Crippen LogP contribution in [0, 0.1) is 0 Å². The van der Waals surface area contributed by atoms with Gasteiger partial charge in [-0.2, -0.15) is 0 Å². The van der Waals surface area contributed by atoms with E-state index in [2.05, 4.69) is 25.1 Å². The standard InChI is InChI=1S/C10H8N4O2/c1-16-10(15)9-5-8(12-14-13-9)7-3-2-4-11-6-7/h2-6H,1H3. The summed E-state index contributed by atoms with van der Waals surface area (Å²) >= 11 is 0. The van der Waals surface area contributed by atoms with Gasteiger partial charge in [-0.3, -0.25) is 4.98 Å². The van der Waals surface area contributed by atoms with Crippen molar-refractivity contribution in [2.75, 3.05) is 7.11 Å².